The van der Waals surface area contributed by atoms with Gasteiger partial charge in [-0.3, -0.25) is 4.79 Å². The van der Waals surface area contributed by atoms with E-state index in [0.717, 1.165) is 5.39 Å². The summed E-state index contributed by atoms with van der Waals surface area (Å²) in [4.78, 5) is 11.1. The molecule has 0 aliphatic heterocycles. The lowest BCUT2D eigenvalue weighted by molar-refractivity contribution is 0.0989. The van der Waals surface area contributed by atoms with E-state index in [1.165, 1.54) is 6.92 Å². The summed E-state index contributed by atoms with van der Waals surface area (Å²) in [6, 6.07) is 5.11. The Kier molecular flexibility index (Phi) is 2.11. The molecule has 0 unspecified atom stereocenters. The predicted molar refractivity (Wildman–Crippen MR) is 57.2 cm³/mol. The molecule has 0 fully saturated rings. The summed E-state index contributed by atoms with van der Waals surface area (Å²) < 4.78 is 10.4. The summed E-state index contributed by atoms with van der Waals surface area (Å²) in [5, 5.41) is 0.775. The number of hydrogen-bond acceptors (Lipinski definition) is 4. The zero-order valence-corrected chi connectivity index (χ0v) is 8.53. The van der Waals surface area contributed by atoms with Gasteiger partial charge in [0.25, 0.3) is 0 Å². The molecule has 78 valence electrons. The topological polar surface area (TPSA) is 65.5 Å². The second-order valence-electron chi connectivity index (χ2n) is 3.30. The van der Waals surface area contributed by atoms with Crippen molar-refractivity contribution < 1.29 is 13.9 Å². The quantitative estimate of drug-likeness (QED) is 0.603. The molecule has 1 aromatic carbocycles. The Morgan fingerprint density at radius 3 is 2.73 bits per heavy atom. The average Bonchev–Trinajstić information content (AvgIpc) is 2.61. The molecule has 2 aromatic rings. The van der Waals surface area contributed by atoms with Gasteiger partial charge in [0, 0.05) is 18.4 Å². The monoisotopic (exact) mass is 205 g/mol. The minimum atomic E-state index is -0.121. The number of fused-ring (bicyclic) bond motifs is 1. The highest BCUT2D eigenvalue weighted by Crippen LogP contribution is 2.29. The Labute approximate surface area is 86.6 Å². The van der Waals surface area contributed by atoms with Crippen molar-refractivity contribution in [1.29, 1.82) is 0 Å². The molecule has 4 nitrogen and oxygen atoms in total. The van der Waals surface area contributed by atoms with Gasteiger partial charge in [-0.2, -0.15) is 0 Å². The normalized spacial score (nSPS) is 10.5. The molecule has 1 heterocycles. The summed E-state index contributed by atoms with van der Waals surface area (Å²) in [6.45, 7) is 1.45. The first kappa shape index (κ1) is 9.58. The first-order chi connectivity index (χ1) is 7.11. The van der Waals surface area contributed by atoms with Crippen LogP contribution in [-0.4, -0.2) is 12.9 Å². The van der Waals surface area contributed by atoms with Gasteiger partial charge in [-0.15, -0.1) is 0 Å². The van der Waals surface area contributed by atoms with Crippen LogP contribution in [0.4, 0.5) is 5.69 Å². The minimum absolute atomic E-state index is 0.121. The van der Waals surface area contributed by atoms with Crippen molar-refractivity contribution in [2.75, 3.05) is 12.8 Å². The third-order valence-corrected chi connectivity index (χ3v) is 2.20. The van der Waals surface area contributed by atoms with Crippen LogP contribution in [0, 0.1) is 0 Å². The highest BCUT2D eigenvalue weighted by molar-refractivity contribution is 5.99. The van der Waals surface area contributed by atoms with Gasteiger partial charge in [-0.05, 0) is 12.1 Å². The lowest BCUT2D eigenvalue weighted by Crippen LogP contribution is -1.88. The molecule has 15 heavy (non-hydrogen) atoms. The Morgan fingerprint density at radius 2 is 2.13 bits per heavy atom. The van der Waals surface area contributed by atoms with Crippen molar-refractivity contribution in [1.82, 2.24) is 0 Å². The number of Topliss-reactive ketones (excluding diaryl/α,β-unsaturated/α-hetero) is 1. The molecule has 0 bridgehead atoms. The molecule has 2 N–H and O–H groups in total. The van der Waals surface area contributed by atoms with E-state index in [1.54, 1.807) is 25.3 Å². The molecular weight excluding hydrogens is 194 g/mol. The molecule has 0 radical (unpaired) electrons. The molecular formula is C11H11NO3. The van der Waals surface area contributed by atoms with Crippen molar-refractivity contribution in [3.63, 3.8) is 0 Å². The van der Waals surface area contributed by atoms with Gasteiger partial charge < -0.3 is 14.9 Å². The summed E-state index contributed by atoms with van der Waals surface area (Å²) in [5.41, 5.74) is 6.76. The number of ether oxygens (including phenoxy) is 1. The van der Waals surface area contributed by atoms with Crippen LogP contribution in [0.2, 0.25) is 0 Å². The van der Waals surface area contributed by atoms with Crippen molar-refractivity contribution in [2.24, 2.45) is 0 Å². The molecule has 0 saturated carbocycles. The smallest absolute Gasteiger partial charge is 0.194 e. The first-order valence-electron chi connectivity index (χ1n) is 4.50. The third-order valence-electron chi connectivity index (χ3n) is 2.20. The van der Waals surface area contributed by atoms with E-state index < -0.39 is 0 Å². The predicted octanol–water partition coefficient (Wildman–Crippen LogP) is 2.23. The number of carbonyl (C=O) groups excluding carboxylic acids is 1. The van der Waals surface area contributed by atoms with E-state index in [0.29, 0.717) is 22.8 Å². The Morgan fingerprint density at radius 1 is 1.40 bits per heavy atom. The average molecular weight is 205 g/mol. The van der Waals surface area contributed by atoms with Gasteiger partial charge in [0.15, 0.2) is 17.1 Å². The molecule has 0 atom stereocenters. The van der Waals surface area contributed by atoms with Gasteiger partial charge in [0.1, 0.15) is 5.75 Å². The summed E-state index contributed by atoms with van der Waals surface area (Å²) in [5.74, 6) is 0.838. The number of nitrogen functional groups attached to an aromatic ring is 1. The molecule has 0 amide bonds. The van der Waals surface area contributed by atoms with E-state index in [4.69, 9.17) is 14.9 Å². The summed E-state index contributed by atoms with van der Waals surface area (Å²) >= 11 is 0. The van der Waals surface area contributed by atoms with Gasteiger partial charge in [-0.25, -0.2) is 0 Å². The highest BCUT2D eigenvalue weighted by atomic mass is 16.5. The summed E-state index contributed by atoms with van der Waals surface area (Å²) in [6.07, 6.45) is 0. The van der Waals surface area contributed by atoms with Crippen LogP contribution in [0.5, 0.6) is 5.75 Å². The molecule has 0 aliphatic carbocycles. The van der Waals surface area contributed by atoms with Crippen LogP contribution >= 0.6 is 0 Å². The van der Waals surface area contributed by atoms with Crippen molar-refractivity contribution in [3.8, 4) is 5.75 Å². The molecule has 0 spiro atoms. The van der Waals surface area contributed by atoms with Crippen LogP contribution in [0.1, 0.15) is 17.5 Å². The fourth-order valence-corrected chi connectivity index (χ4v) is 1.44. The van der Waals surface area contributed by atoms with E-state index in [-0.39, 0.29) is 5.78 Å². The molecule has 0 saturated heterocycles. The minimum Gasteiger partial charge on any atom is -0.497 e. The molecule has 4 heteroatoms. The van der Waals surface area contributed by atoms with Gasteiger partial charge >= 0.3 is 0 Å². The van der Waals surface area contributed by atoms with Crippen LogP contribution in [0.25, 0.3) is 11.0 Å². The van der Waals surface area contributed by atoms with E-state index in [9.17, 15) is 4.79 Å². The maximum atomic E-state index is 11.1. The van der Waals surface area contributed by atoms with E-state index >= 15 is 0 Å². The Hall–Kier alpha value is -1.97. The zero-order valence-electron chi connectivity index (χ0n) is 8.53. The Balaban J connectivity index is 2.69. The van der Waals surface area contributed by atoms with Crippen LogP contribution in [0.3, 0.4) is 0 Å². The van der Waals surface area contributed by atoms with E-state index in [2.05, 4.69) is 0 Å². The largest absolute Gasteiger partial charge is 0.497 e. The van der Waals surface area contributed by atoms with Crippen molar-refractivity contribution >= 4 is 22.4 Å². The van der Waals surface area contributed by atoms with Gasteiger partial charge in [0.05, 0.1) is 12.8 Å². The Bertz CT molecular complexity index is 528. The van der Waals surface area contributed by atoms with Crippen molar-refractivity contribution in [3.05, 3.63) is 24.0 Å². The fourth-order valence-electron chi connectivity index (χ4n) is 1.44. The van der Waals surface area contributed by atoms with Crippen molar-refractivity contribution in [2.45, 2.75) is 6.92 Å². The lowest BCUT2D eigenvalue weighted by atomic mass is 10.2. The SMILES string of the molecule is COc1cc(N)c2oc(C(C)=O)cc2c1. The maximum Gasteiger partial charge on any atom is 0.194 e. The maximum absolute atomic E-state index is 11.1. The van der Waals surface area contributed by atoms with Crippen LogP contribution in [0.15, 0.2) is 22.6 Å². The standard InChI is InChI=1S/C11H11NO3/c1-6(13)10-4-7-3-8(14-2)5-9(12)11(7)15-10/h3-5H,12H2,1-2H3. The molecule has 0 aliphatic rings. The fraction of sp³-hybridized carbons (Fsp3) is 0.182. The second kappa shape index (κ2) is 3.31. The molecule has 2 rings (SSSR count). The number of ketones is 1. The second-order valence-corrected chi connectivity index (χ2v) is 3.30. The number of nitrogens with two attached hydrogens (primary N) is 1. The number of anilines is 1. The van der Waals surface area contributed by atoms with Gasteiger partial charge in [-0.1, -0.05) is 0 Å². The lowest BCUT2D eigenvalue weighted by Gasteiger charge is -2.00. The van der Waals surface area contributed by atoms with Crippen LogP contribution < -0.4 is 10.5 Å². The number of hydrogen-bond donors (Lipinski definition) is 1. The number of furan rings is 1. The van der Waals surface area contributed by atoms with Gasteiger partial charge in [0.2, 0.25) is 0 Å². The number of rotatable bonds is 2. The highest BCUT2D eigenvalue weighted by Gasteiger charge is 2.11. The number of benzene rings is 1. The molecule has 1 aromatic heterocycles. The number of carbonyl (C=O) groups is 1. The first-order valence-corrected chi connectivity index (χ1v) is 4.50. The van der Waals surface area contributed by atoms with E-state index in [1.807, 2.05) is 0 Å². The summed E-state index contributed by atoms with van der Waals surface area (Å²) in [7, 11) is 1.56. The number of methoxy groups -OCH3 is 1. The van der Waals surface area contributed by atoms with Crippen LogP contribution in [-0.2, 0) is 0 Å². The third kappa shape index (κ3) is 1.54. The zero-order chi connectivity index (χ0) is 11.0.